The molecule has 0 aromatic heterocycles. The van der Waals surface area contributed by atoms with Gasteiger partial charge in [-0.1, -0.05) is 45.0 Å². The van der Waals surface area contributed by atoms with Crippen molar-refractivity contribution in [3.05, 3.63) is 42.0 Å². The summed E-state index contributed by atoms with van der Waals surface area (Å²) in [5, 5.41) is 20.6. The number of ether oxygens (including phenoxy) is 1. The summed E-state index contributed by atoms with van der Waals surface area (Å²) in [5.41, 5.74) is 0.314. The topological polar surface area (TPSA) is 107 Å². The van der Waals surface area contributed by atoms with Crippen LogP contribution >= 0.6 is 0 Å². The lowest BCUT2D eigenvalue weighted by Gasteiger charge is -2.41. The van der Waals surface area contributed by atoms with Gasteiger partial charge in [-0.2, -0.15) is 0 Å². The number of fused-ring (bicyclic) bond motifs is 1. The molecule has 8 heteroatoms. The number of likely N-dealkylation sites (tertiary alicyclic amines) is 1. The normalized spacial score (nSPS) is 31.6. The quantitative estimate of drug-likeness (QED) is 0.507. The second-order valence-electron chi connectivity index (χ2n) is 10.9. The average Bonchev–Trinajstić information content (AvgIpc) is 3.42. The maximum atomic E-state index is 14.6. The zero-order chi connectivity index (χ0) is 26.6. The Bertz CT molecular complexity index is 1070. The number of benzene rings is 1. The fraction of sp³-hybridized carbons (Fsp3) is 0.607. The molecular formula is C28H38N2O6. The Morgan fingerprint density at radius 1 is 1.28 bits per heavy atom. The molecule has 4 rings (SSSR count). The van der Waals surface area contributed by atoms with Crippen molar-refractivity contribution in [2.45, 2.75) is 77.2 Å². The molecule has 3 aliphatic rings. The summed E-state index contributed by atoms with van der Waals surface area (Å²) >= 11 is 0. The number of carboxylic acids is 1. The number of nitrogens with zero attached hydrogens (tertiary/aromatic N) is 2. The molecule has 0 aliphatic carbocycles. The van der Waals surface area contributed by atoms with Crippen molar-refractivity contribution >= 4 is 23.5 Å². The number of hydrogen-bond acceptors (Lipinski definition) is 5. The fourth-order valence-corrected chi connectivity index (χ4v) is 7.09. The van der Waals surface area contributed by atoms with E-state index in [9.17, 15) is 24.6 Å². The van der Waals surface area contributed by atoms with Crippen molar-refractivity contribution in [1.29, 1.82) is 0 Å². The standard InChI is InChI=1S/C28H38N2O6/c1-7-14-29(22-17(5)10-9-11-18(22)6)25(33)23-28-13-12-27(8-2,36-28)21(26(34)35)20(28)24(32)30(23)19(15-31)16(3)4/h7,9-11,16,19-21,23,31H,1,8,12-15H2,2-6H3,(H,34,35)/t19-,20-,21+,23?,27-,28?/m0/s1. The van der Waals surface area contributed by atoms with Gasteiger partial charge in [-0.25, -0.2) is 0 Å². The molecule has 3 fully saturated rings. The molecule has 196 valence electrons. The van der Waals surface area contributed by atoms with E-state index in [0.717, 1.165) is 16.8 Å². The molecule has 2 amide bonds. The first-order valence-corrected chi connectivity index (χ1v) is 12.9. The number of para-hydroxylation sites is 1. The van der Waals surface area contributed by atoms with E-state index in [4.69, 9.17) is 4.74 Å². The van der Waals surface area contributed by atoms with E-state index in [-0.39, 0.29) is 25.0 Å². The lowest BCUT2D eigenvalue weighted by molar-refractivity contribution is -0.158. The number of aliphatic carboxylic acids is 1. The molecule has 8 nitrogen and oxygen atoms in total. The van der Waals surface area contributed by atoms with Crippen LogP contribution in [0.2, 0.25) is 0 Å². The molecule has 3 aliphatic heterocycles. The fourth-order valence-electron chi connectivity index (χ4n) is 7.09. The molecule has 0 radical (unpaired) electrons. The van der Waals surface area contributed by atoms with Crippen LogP contribution in [-0.4, -0.2) is 69.3 Å². The van der Waals surface area contributed by atoms with Gasteiger partial charge >= 0.3 is 5.97 Å². The largest absolute Gasteiger partial charge is 0.481 e. The minimum Gasteiger partial charge on any atom is -0.481 e. The van der Waals surface area contributed by atoms with E-state index in [1.54, 1.807) is 11.0 Å². The van der Waals surface area contributed by atoms with Gasteiger partial charge in [-0.3, -0.25) is 14.4 Å². The molecular weight excluding hydrogens is 460 g/mol. The van der Waals surface area contributed by atoms with E-state index < -0.39 is 47.0 Å². The van der Waals surface area contributed by atoms with Crippen LogP contribution in [0.3, 0.4) is 0 Å². The number of carbonyl (C=O) groups excluding carboxylic acids is 2. The highest BCUT2D eigenvalue weighted by Gasteiger charge is 2.79. The second kappa shape index (κ2) is 9.30. The number of amides is 2. The predicted octanol–water partition coefficient (Wildman–Crippen LogP) is 3.08. The first-order chi connectivity index (χ1) is 17.0. The predicted molar refractivity (Wildman–Crippen MR) is 135 cm³/mol. The minimum atomic E-state index is -1.26. The molecule has 2 unspecified atom stereocenters. The molecule has 1 aromatic rings. The Balaban J connectivity index is 1.92. The summed E-state index contributed by atoms with van der Waals surface area (Å²) in [6.45, 7) is 13.2. The van der Waals surface area contributed by atoms with Crippen LogP contribution in [-0.2, 0) is 19.1 Å². The van der Waals surface area contributed by atoms with Gasteiger partial charge in [0.15, 0.2) is 0 Å². The van der Waals surface area contributed by atoms with Crippen LogP contribution in [0.25, 0.3) is 0 Å². The highest BCUT2D eigenvalue weighted by Crippen LogP contribution is 2.64. The van der Waals surface area contributed by atoms with Crippen molar-refractivity contribution in [2.24, 2.45) is 17.8 Å². The molecule has 36 heavy (non-hydrogen) atoms. The smallest absolute Gasteiger partial charge is 0.310 e. The van der Waals surface area contributed by atoms with Gasteiger partial charge in [0, 0.05) is 12.2 Å². The van der Waals surface area contributed by atoms with Crippen LogP contribution in [0.1, 0.15) is 51.2 Å². The molecule has 6 atom stereocenters. The maximum Gasteiger partial charge on any atom is 0.310 e. The number of hydrogen-bond donors (Lipinski definition) is 2. The van der Waals surface area contributed by atoms with Gasteiger partial charge in [-0.05, 0) is 50.2 Å². The third kappa shape index (κ3) is 3.52. The van der Waals surface area contributed by atoms with E-state index in [2.05, 4.69) is 6.58 Å². The van der Waals surface area contributed by atoms with E-state index in [1.165, 1.54) is 4.90 Å². The first kappa shape index (κ1) is 26.4. The third-order valence-corrected chi connectivity index (χ3v) is 8.72. The lowest BCUT2D eigenvalue weighted by atomic mass is 9.65. The molecule has 1 aromatic carbocycles. The summed E-state index contributed by atoms with van der Waals surface area (Å²) in [6, 6.07) is 4.09. The van der Waals surface area contributed by atoms with Crippen molar-refractivity contribution in [3.8, 4) is 0 Å². The highest BCUT2D eigenvalue weighted by molar-refractivity contribution is 6.05. The Morgan fingerprint density at radius 3 is 2.42 bits per heavy atom. The minimum absolute atomic E-state index is 0.154. The monoisotopic (exact) mass is 498 g/mol. The summed E-state index contributed by atoms with van der Waals surface area (Å²) in [7, 11) is 0. The van der Waals surface area contributed by atoms with E-state index in [0.29, 0.717) is 19.3 Å². The lowest BCUT2D eigenvalue weighted by Crippen LogP contribution is -2.60. The summed E-state index contributed by atoms with van der Waals surface area (Å²) in [4.78, 5) is 44.3. The molecule has 2 N–H and O–H groups in total. The number of anilines is 1. The van der Waals surface area contributed by atoms with Gasteiger partial charge in [0.25, 0.3) is 5.91 Å². The first-order valence-electron chi connectivity index (χ1n) is 12.9. The second-order valence-corrected chi connectivity index (χ2v) is 10.9. The number of carbonyl (C=O) groups is 3. The SMILES string of the molecule is C=CCN(C(=O)C1N([C@@H](CO)C(C)C)C(=O)[C@@H]2[C@H](C(=O)O)[C@]3(CC)CCC12O3)c1c(C)cccc1C. The van der Waals surface area contributed by atoms with Gasteiger partial charge in [0.1, 0.15) is 17.6 Å². The van der Waals surface area contributed by atoms with Crippen LogP contribution in [0.5, 0.6) is 0 Å². The van der Waals surface area contributed by atoms with E-state index >= 15 is 0 Å². The Morgan fingerprint density at radius 2 is 1.92 bits per heavy atom. The highest BCUT2D eigenvalue weighted by atomic mass is 16.5. The van der Waals surface area contributed by atoms with Crippen molar-refractivity contribution in [1.82, 2.24) is 4.90 Å². The third-order valence-electron chi connectivity index (χ3n) is 8.72. The van der Waals surface area contributed by atoms with Crippen LogP contribution in [0.15, 0.2) is 30.9 Å². The summed E-state index contributed by atoms with van der Waals surface area (Å²) in [5.74, 6) is -3.99. The van der Waals surface area contributed by atoms with Crippen LogP contribution < -0.4 is 4.90 Å². The summed E-state index contributed by atoms with van der Waals surface area (Å²) in [6.07, 6.45) is 2.97. The Labute approximate surface area is 212 Å². The zero-order valence-electron chi connectivity index (χ0n) is 21.9. The number of aliphatic hydroxyl groups excluding tert-OH is 1. The molecule has 3 saturated heterocycles. The van der Waals surface area contributed by atoms with Crippen molar-refractivity contribution < 1.29 is 29.3 Å². The van der Waals surface area contributed by atoms with Gasteiger partial charge in [0.2, 0.25) is 5.91 Å². The number of aryl methyl sites for hydroxylation is 2. The van der Waals surface area contributed by atoms with Crippen LogP contribution in [0.4, 0.5) is 5.69 Å². The number of carboxylic acid groups (broad SMARTS) is 1. The van der Waals surface area contributed by atoms with Crippen molar-refractivity contribution in [3.63, 3.8) is 0 Å². The molecule has 2 bridgehead atoms. The van der Waals surface area contributed by atoms with Crippen LogP contribution in [0, 0.1) is 31.6 Å². The number of rotatable bonds is 9. The Hall–Kier alpha value is -2.71. The molecule has 0 saturated carbocycles. The summed E-state index contributed by atoms with van der Waals surface area (Å²) < 4.78 is 6.63. The van der Waals surface area contributed by atoms with Crippen molar-refractivity contribution in [2.75, 3.05) is 18.1 Å². The zero-order valence-corrected chi connectivity index (χ0v) is 21.9. The average molecular weight is 499 g/mol. The van der Waals surface area contributed by atoms with Gasteiger partial charge in [-0.15, -0.1) is 6.58 Å². The number of aliphatic hydroxyl groups is 1. The maximum absolute atomic E-state index is 14.6. The van der Waals surface area contributed by atoms with Gasteiger partial charge < -0.3 is 24.7 Å². The molecule has 3 heterocycles. The molecule has 1 spiro atoms. The van der Waals surface area contributed by atoms with Gasteiger partial charge in [0.05, 0.1) is 24.2 Å². The Kier molecular flexibility index (Phi) is 6.81. The van der Waals surface area contributed by atoms with E-state index in [1.807, 2.05) is 52.8 Å².